The predicted octanol–water partition coefficient (Wildman–Crippen LogP) is 3.17. The van der Waals surface area contributed by atoms with Crippen molar-refractivity contribution in [2.24, 2.45) is 12.8 Å². The number of nitrogens with zero attached hydrogens (tertiary/aromatic N) is 3. The van der Waals surface area contributed by atoms with E-state index in [-0.39, 0.29) is 10.7 Å². The lowest BCUT2D eigenvalue weighted by Crippen LogP contribution is -2.25. The molecule has 3 aromatic carbocycles. The van der Waals surface area contributed by atoms with Crippen molar-refractivity contribution in [2.45, 2.75) is 24.5 Å². The second-order valence-corrected chi connectivity index (χ2v) is 10.1. The molecule has 0 bridgehead atoms. The van der Waals surface area contributed by atoms with Crippen molar-refractivity contribution in [2.75, 3.05) is 5.32 Å². The zero-order valence-electron chi connectivity index (χ0n) is 18.1. The standard InChI is InChI=1S/C24H24N6O2S/c1-29-22-11-10-20(33(31,32)30-14-17-4-2-3-5-18(17)15-30)12-21(22)28-23(29)13-27-19-8-6-16(7-9-19)24(25)26/h2-12,27H,13-15H2,1H3,(H3,25,26). The number of amidine groups is 1. The summed E-state index contributed by atoms with van der Waals surface area (Å²) in [6, 6.07) is 20.2. The second-order valence-electron chi connectivity index (χ2n) is 8.12. The minimum atomic E-state index is -3.63. The van der Waals surface area contributed by atoms with Gasteiger partial charge in [-0.25, -0.2) is 13.4 Å². The molecule has 2 heterocycles. The molecule has 4 aromatic rings. The monoisotopic (exact) mass is 460 g/mol. The van der Waals surface area contributed by atoms with Gasteiger partial charge < -0.3 is 15.6 Å². The SMILES string of the molecule is Cn1c(CNc2ccc(C(=N)N)cc2)nc2cc(S(=O)(=O)N3Cc4ccccc4C3)ccc21. The number of nitrogens with two attached hydrogens (primary N) is 1. The van der Waals surface area contributed by atoms with Gasteiger partial charge in [0.2, 0.25) is 10.0 Å². The Bertz CT molecular complexity index is 1450. The van der Waals surface area contributed by atoms with Crippen LogP contribution in [0.25, 0.3) is 11.0 Å². The van der Waals surface area contributed by atoms with Crippen molar-refractivity contribution < 1.29 is 8.42 Å². The van der Waals surface area contributed by atoms with E-state index in [0.717, 1.165) is 28.2 Å². The molecule has 0 spiro atoms. The quantitative estimate of drug-likeness (QED) is 0.302. The van der Waals surface area contributed by atoms with Gasteiger partial charge in [-0.2, -0.15) is 4.31 Å². The molecular weight excluding hydrogens is 436 g/mol. The van der Waals surface area contributed by atoms with E-state index in [0.29, 0.717) is 30.7 Å². The number of hydrogen-bond acceptors (Lipinski definition) is 5. The van der Waals surface area contributed by atoms with E-state index in [1.807, 2.05) is 54.1 Å². The van der Waals surface area contributed by atoms with Crippen LogP contribution in [0, 0.1) is 5.41 Å². The summed E-state index contributed by atoms with van der Waals surface area (Å²) in [5, 5.41) is 10.8. The fourth-order valence-corrected chi connectivity index (χ4v) is 5.53. The minimum absolute atomic E-state index is 0.0282. The number of imidazole rings is 1. The Morgan fingerprint density at radius 1 is 1.06 bits per heavy atom. The third-order valence-corrected chi connectivity index (χ3v) is 7.83. The number of aromatic nitrogens is 2. The molecule has 0 radical (unpaired) electrons. The van der Waals surface area contributed by atoms with Gasteiger partial charge in [0.25, 0.3) is 0 Å². The largest absolute Gasteiger partial charge is 0.384 e. The van der Waals surface area contributed by atoms with Gasteiger partial charge in [-0.3, -0.25) is 5.41 Å². The van der Waals surface area contributed by atoms with Gasteiger partial charge in [0.1, 0.15) is 11.7 Å². The van der Waals surface area contributed by atoms with Gasteiger partial charge in [0, 0.05) is 31.4 Å². The zero-order valence-corrected chi connectivity index (χ0v) is 18.9. The lowest BCUT2D eigenvalue weighted by Gasteiger charge is -2.15. The smallest absolute Gasteiger partial charge is 0.243 e. The number of nitrogens with one attached hydrogen (secondary N) is 2. The van der Waals surface area contributed by atoms with E-state index < -0.39 is 10.0 Å². The molecule has 0 saturated carbocycles. The first-order valence-corrected chi connectivity index (χ1v) is 12.0. The highest BCUT2D eigenvalue weighted by Gasteiger charge is 2.30. The number of sulfonamides is 1. The maximum Gasteiger partial charge on any atom is 0.243 e. The van der Waals surface area contributed by atoms with Crippen molar-refractivity contribution in [3.63, 3.8) is 0 Å². The molecule has 0 amide bonds. The van der Waals surface area contributed by atoms with Crippen molar-refractivity contribution in [1.82, 2.24) is 13.9 Å². The second kappa shape index (κ2) is 8.02. The van der Waals surface area contributed by atoms with Crippen molar-refractivity contribution in [3.05, 3.63) is 89.2 Å². The summed E-state index contributed by atoms with van der Waals surface area (Å²) in [6.45, 7) is 1.24. The molecule has 1 aromatic heterocycles. The number of fused-ring (bicyclic) bond motifs is 2. The van der Waals surface area contributed by atoms with Crippen LogP contribution in [0.1, 0.15) is 22.5 Å². The van der Waals surface area contributed by atoms with E-state index in [9.17, 15) is 8.42 Å². The predicted molar refractivity (Wildman–Crippen MR) is 128 cm³/mol. The fourth-order valence-electron chi connectivity index (χ4n) is 4.12. The van der Waals surface area contributed by atoms with Crippen LogP contribution >= 0.6 is 0 Å². The highest BCUT2D eigenvalue weighted by Crippen LogP contribution is 2.30. The molecule has 0 atom stereocenters. The third-order valence-electron chi connectivity index (χ3n) is 6.04. The van der Waals surface area contributed by atoms with Gasteiger partial charge >= 0.3 is 0 Å². The van der Waals surface area contributed by atoms with E-state index >= 15 is 0 Å². The van der Waals surface area contributed by atoms with Crippen LogP contribution in [-0.4, -0.2) is 28.1 Å². The summed E-state index contributed by atoms with van der Waals surface area (Å²) in [5.74, 6) is 0.809. The molecule has 33 heavy (non-hydrogen) atoms. The van der Waals surface area contributed by atoms with Crippen molar-refractivity contribution in [1.29, 1.82) is 5.41 Å². The fraction of sp³-hybridized carbons (Fsp3) is 0.167. The lowest BCUT2D eigenvalue weighted by atomic mass is 10.1. The molecule has 168 valence electrons. The van der Waals surface area contributed by atoms with Gasteiger partial charge in [0.05, 0.1) is 22.5 Å². The topological polar surface area (TPSA) is 117 Å². The van der Waals surface area contributed by atoms with Crippen molar-refractivity contribution in [3.8, 4) is 0 Å². The highest BCUT2D eigenvalue weighted by atomic mass is 32.2. The van der Waals surface area contributed by atoms with Crippen LogP contribution in [0.4, 0.5) is 5.69 Å². The maximum atomic E-state index is 13.3. The molecular formula is C24H24N6O2S. The molecule has 9 heteroatoms. The minimum Gasteiger partial charge on any atom is -0.384 e. The molecule has 0 saturated heterocycles. The summed E-state index contributed by atoms with van der Waals surface area (Å²) >= 11 is 0. The highest BCUT2D eigenvalue weighted by molar-refractivity contribution is 7.89. The Kier molecular flexibility index (Phi) is 5.15. The van der Waals surface area contributed by atoms with Gasteiger partial charge in [-0.15, -0.1) is 0 Å². The Labute approximate surface area is 192 Å². The molecule has 0 unspecified atom stereocenters. The van der Waals surface area contributed by atoms with Gasteiger partial charge in [0.15, 0.2) is 0 Å². The van der Waals surface area contributed by atoms with Crippen molar-refractivity contribution >= 4 is 32.6 Å². The third kappa shape index (κ3) is 3.85. The summed E-state index contributed by atoms with van der Waals surface area (Å²) in [4.78, 5) is 4.93. The van der Waals surface area contributed by atoms with Crippen LogP contribution in [0.5, 0.6) is 0 Å². The van der Waals surface area contributed by atoms with Crippen LogP contribution in [0.15, 0.2) is 71.6 Å². The molecule has 5 rings (SSSR count). The molecule has 1 aliphatic rings. The van der Waals surface area contributed by atoms with E-state index in [4.69, 9.17) is 11.1 Å². The van der Waals surface area contributed by atoms with E-state index in [2.05, 4.69) is 10.3 Å². The number of benzene rings is 3. The van der Waals surface area contributed by atoms with Gasteiger partial charge in [-0.1, -0.05) is 24.3 Å². The Hall–Kier alpha value is -3.69. The zero-order chi connectivity index (χ0) is 23.2. The van der Waals surface area contributed by atoms with Crippen LogP contribution < -0.4 is 11.1 Å². The maximum absolute atomic E-state index is 13.3. The Balaban J connectivity index is 1.37. The summed E-state index contributed by atoms with van der Waals surface area (Å²) in [6.07, 6.45) is 0. The van der Waals surface area contributed by atoms with Crippen LogP contribution in [0.3, 0.4) is 0 Å². The van der Waals surface area contributed by atoms with Crippen LogP contribution in [0.2, 0.25) is 0 Å². The van der Waals surface area contributed by atoms with E-state index in [1.54, 1.807) is 24.3 Å². The van der Waals surface area contributed by atoms with Gasteiger partial charge in [-0.05, 0) is 53.6 Å². The average Bonchev–Trinajstić information content (AvgIpc) is 3.39. The molecule has 8 nitrogen and oxygen atoms in total. The first kappa shape index (κ1) is 21.2. The molecule has 0 fully saturated rings. The molecule has 1 aliphatic heterocycles. The number of anilines is 1. The van der Waals surface area contributed by atoms with Crippen LogP contribution in [-0.2, 0) is 36.7 Å². The average molecular weight is 461 g/mol. The number of hydrogen-bond donors (Lipinski definition) is 3. The first-order valence-electron chi connectivity index (χ1n) is 10.5. The summed E-state index contributed by atoms with van der Waals surface area (Å²) in [7, 11) is -1.71. The summed E-state index contributed by atoms with van der Waals surface area (Å²) < 4.78 is 30.0. The Morgan fingerprint density at radius 2 is 1.73 bits per heavy atom. The number of nitrogen functional groups attached to an aromatic ring is 1. The molecule has 4 N–H and O–H groups in total. The Morgan fingerprint density at radius 3 is 2.36 bits per heavy atom. The normalized spacial score (nSPS) is 13.8. The number of aryl methyl sites for hydroxylation is 1. The summed E-state index contributed by atoms with van der Waals surface area (Å²) in [5.41, 5.74) is 10.6. The first-order chi connectivity index (χ1) is 15.8. The van der Waals surface area contributed by atoms with E-state index in [1.165, 1.54) is 4.31 Å². The lowest BCUT2D eigenvalue weighted by molar-refractivity contribution is 0.431. The number of rotatable bonds is 6. The molecule has 0 aliphatic carbocycles.